The van der Waals surface area contributed by atoms with Crippen LogP contribution in [0.5, 0.6) is 0 Å². The quantitative estimate of drug-likeness (QED) is 0.796. The standard InChI is InChI=1S/C20H22N4O/c25-20(6-5-16-13-23-18-4-2-1-3-17(16)18)24-11-7-15(8-12-24)19-14-21-9-10-22-19/h1-4,9-10,13-15,23H,5-8,11-12H2. The fraction of sp³-hybridized carbons (Fsp3) is 0.350. The number of benzene rings is 1. The molecule has 0 spiro atoms. The van der Waals surface area contributed by atoms with Gasteiger partial charge in [-0.25, -0.2) is 0 Å². The molecule has 0 saturated carbocycles. The van der Waals surface area contributed by atoms with Crippen molar-refractivity contribution in [2.75, 3.05) is 13.1 Å². The van der Waals surface area contributed by atoms with Gasteiger partial charge in [-0.1, -0.05) is 18.2 Å². The third-order valence-corrected chi connectivity index (χ3v) is 5.13. The summed E-state index contributed by atoms with van der Waals surface area (Å²) in [5.74, 6) is 0.675. The third-order valence-electron chi connectivity index (χ3n) is 5.13. The second-order valence-corrected chi connectivity index (χ2v) is 6.64. The van der Waals surface area contributed by atoms with Gasteiger partial charge in [0.15, 0.2) is 0 Å². The molecule has 128 valence electrons. The van der Waals surface area contributed by atoms with E-state index in [1.165, 1.54) is 10.9 Å². The highest BCUT2D eigenvalue weighted by Crippen LogP contribution is 2.26. The number of piperidine rings is 1. The normalized spacial score (nSPS) is 15.6. The van der Waals surface area contributed by atoms with Crippen LogP contribution in [-0.2, 0) is 11.2 Å². The van der Waals surface area contributed by atoms with Crippen LogP contribution in [-0.4, -0.2) is 38.8 Å². The predicted octanol–water partition coefficient (Wildman–Crippen LogP) is 3.30. The number of nitrogens with one attached hydrogen (secondary N) is 1. The number of carbonyl (C=O) groups excluding carboxylic acids is 1. The van der Waals surface area contributed by atoms with Crippen LogP contribution < -0.4 is 0 Å². The van der Waals surface area contributed by atoms with E-state index in [4.69, 9.17) is 0 Å². The number of aromatic amines is 1. The second-order valence-electron chi connectivity index (χ2n) is 6.64. The van der Waals surface area contributed by atoms with E-state index < -0.39 is 0 Å². The van der Waals surface area contributed by atoms with Crippen LogP contribution in [0.15, 0.2) is 49.1 Å². The SMILES string of the molecule is O=C(CCc1c[nH]c2ccccc12)N1CCC(c2cnccn2)CC1. The number of nitrogens with zero attached hydrogens (tertiary/aromatic N) is 3. The molecule has 0 aliphatic carbocycles. The fourth-order valence-electron chi connectivity index (χ4n) is 3.68. The second kappa shape index (κ2) is 7.05. The maximum atomic E-state index is 12.6. The lowest BCUT2D eigenvalue weighted by Crippen LogP contribution is -2.38. The summed E-state index contributed by atoms with van der Waals surface area (Å²) >= 11 is 0. The summed E-state index contributed by atoms with van der Waals surface area (Å²) in [5, 5.41) is 1.22. The van der Waals surface area contributed by atoms with E-state index in [1.54, 1.807) is 12.4 Å². The summed E-state index contributed by atoms with van der Waals surface area (Å²) in [6.07, 6.45) is 10.6. The smallest absolute Gasteiger partial charge is 0.222 e. The minimum atomic E-state index is 0.253. The molecular weight excluding hydrogens is 312 g/mol. The summed E-state index contributed by atoms with van der Waals surface area (Å²) in [5.41, 5.74) is 3.40. The van der Waals surface area contributed by atoms with E-state index in [0.717, 1.165) is 43.6 Å². The fourth-order valence-corrected chi connectivity index (χ4v) is 3.68. The lowest BCUT2D eigenvalue weighted by molar-refractivity contribution is -0.132. The van der Waals surface area contributed by atoms with Crippen LogP contribution in [0.2, 0.25) is 0 Å². The van der Waals surface area contributed by atoms with Crippen LogP contribution in [0.25, 0.3) is 10.9 Å². The zero-order valence-corrected chi connectivity index (χ0v) is 14.2. The first-order valence-electron chi connectivity index (χ1n) is 8.90. The van der Waals surface area contributed by atoms with E-state index in [2.05, 4.69) is 27.1 Å². The average Bonchev–Trinajstić information content (AvgIpc) is 3.10. The first-order chi connectivity index (χ1) is 12.3. The molecule has 5 nitrogen and oxygen atoms in total. The third kappa shape index (κ3) is 3.40. The largest absolute Gasteiger partial charge is 0.361 e. The van der Waals surface area contributed by atoms with Crippen molar-refractivity contribution in [3.63, 3.8) is 0 Å². The number of aryl methyl sites for hydroxylation is 1. The maximum absolute atomic E-state index is 12.6. The number of rotatable bonds is 4. The van der Waals surface area contributed by atoms with Gasteiger partial charge in [0, 0.05) is 61.1 Å². The van der Waals surface area contributed by atoms with Crippen LogP contribution in [0.3, 0.4) is 0 Å². The zero-order valence-electron chi connectivity index (χ0n) is 14.2. The molecule has 5 heteroatoms. The molecule has 1 fully saturated rings. The Morgan fingerprint density at radius 1 is 1.20 bits per heavy atom. The van der Waals surface area contributed by atoms with E-state index in [-0.39, 0.29) is 5.91 Å². The molecule has 1 saturated heterocycles. The Labute approximate surface area is 147 Å². The first kappa shape index (κ1) is 15.8. The predicted molar refractivity (Wildman–Crippen MR) is 97.2 cm³/mol. The van der Waals surface area contributed by atoms with Crippen molar-refractivity contribution in [1.29, 1.82) is 0 Å². The van der Waals surface area contributed by atoms with Crippen molar-refractivity contribution in [1.82, 2.24) is 19.9 Å². The zero-order chi connectivity index (χ0) is 17.1. The van der Waals surface area contributed by atoms with Gasteiger partial charge in [0.05, 0.1) is 5.69 Å². The van der Waals surface area contributed by atoms with Gasteiger partial charge >= 0.3 is 0 Å². The molecular formula is C20H22N4O. The molecule has 1 aromatic carbocycles. The lowest BCUT2D eigenvalue weighted by atomic mass is 9.93. The topological polar surface area (TPSA) is 61.9 Å². The van der Waals surface area contributed by atoms with Crippen molar-refractivity contribution in [2.24, 2.45) is 0 Å². The summed E-state index contributed by atoms with van der Waals surface area (Å²) in [7, 11) is 0. The minimum Gasteiger partial charge on any atom is -0.361 e. The molecule has 25 heavy (non-hydrogen) atoms. The number of hydrogen-bond acceptors (Lipinski definition) is 3. The Hall–Kier alpha value is -2.69. The summed E-state index contributed by atoms with van der Waals surface area (Å²) in [6.45, 7) is 1.63. The molecule has 1 N–H and O–H groups in total. The molecule has 1 aliphatic rings. The molecule has 1 aliphatic heterocycles. The number of aromatic nitrogens is 3. The number of H-pyrrole nitrogens is 1. The van der Waals surface area contributed by atoms with Crippen LogP contribution in [0.1, 0.15) is 36.4 Å². The van der Waals surface area contributed by atoms with Crippen molar-refractivity contribution in [2.45, 2.75) is 31.6 Å². The molecule has 0 bridgehead atoms. The Morgan fingerprint density at radius 3 is 2.84 bits per heavy atom. The summed E-state index contributed by atoms with van der Waals surface area (Å²) in [6, 6.07) is 8.24. The van der Waals surface area contributed by atoms with Crippen LogP contribution in [0.4, 0.5) is 0 Å². The van der Waals surface area contributed by atoms with Crippen molar-refractivity contribution < 1.29 is 4.79 Å². The molecule has 3 heterocycles. The number of fused-ring (bicyclic) bond motifs is 1. The first-order valence-corrected chi connectivity index (χ1v) is 8.90. The van der Waals surface area contributed by atoms with Gasteiger partial charge in [0.1, 0.15) is 0 Å². The van der Waals surface area contributed by atoms with Crippen molar-refractivity contribution in [3.8, 4) is 0 Å². The van der Waals surface area contributed by atoms with Gasteiger partial charge in [0.2, 0.25) is 5.91 Å². The molecule has 4 rings (SSSR count). The highest BCUT2D eigenvalue weighted by atomic mass is 16.2. The Morgan fingerprint density at radius 2 is 2.04 bits per heavy atom. The number of carbonyl (C=O) groups is 1. The molecule has 0 radical (unpaired) electrons. The lowest BCUT2D eigenvalue weighted by Gasteiger charge is -2.31. The molecule has 0 atom stereocenters. The van der Waals surface area contributed by atoms with Crippen LogP contribution in [0, 0.1) is 0 Å². The number of likely N-dealkylation sites (tertiary alicyclic amines) is 1. The number of amides is 1. The Bertz CT molecular complexity index is 850. The highest BCUT2D eigenvalue weighted by molar-refractivity contribution is 5.84. The minimum absolute atomic E-state index is 0.253. The number of para-hydroxylation sites is 1. The van der Waals surface area contributed by atoms with Gasteiger partial charge in [0.25, 0.3) is 0 Å². The Balaban J connectivity index is 1.32. The van der Waals surface area contributed by atoms with E-state index in [1.807, 2.05) is 29.4 Å². The van der Waals surface area contributed by atoms with E-state index >= 15 is 0 Å². The maximum Gasteiger partial charge on any atom is 0.222 e. The van der Waals surface area contributed by atoms with Crippen molar-refractivity contribution in [3.05, 3.63) is 60.3 Å². The van der Waals surface area contributed by atoms with E-state index in [0.29, 0.717) is 12.3 Å². The van der Waals surface area contributed by atoms with Gasteiger partial charge in [-0.3, -0.25) is 14.8 Å². The van der Waals surface area contributed by atoms with Crippen LogP contribution >= 0.6 is 0 Å². The average molecular weight is 334 g/mol. The van der Waals surface area contributed by atoms with Gasteiger partial charge in [-0.15, -0.1) is 0 Å². The molecule has 2 aromatic heterocycles. The van der Waals surface area contributed by atoms with Gasteiger partial charge in [-0.05, 0) is 30.9 Å². The van der Waals surface area contributed by atoms with Crippen molar-refractivity contribution >= 4 is 16.8 Å². The van der Waals surface area contributed by atoms with E-state index in [9.17, 15) is 4.79 Å². The molecule has 3 aromatic rings. The van der Waals surface area contributed by atoms with Gasteiger partial charge in [-0.2, -0.15) is 0 Å². The Kier molecular flexibility index (Phi) is 4.46. The summed E-state index contributed by atoms with van der Waals surface area (Å²) in [4.78, 5) is 26.4. The monoisotopic (exact) mass is 334 g/mol. The molecule has 0 unspecified atom stereocenters. The molecule has 1 amide bonds. The summed E-state index contributed by atoms with van der Waals surface area (Å²) < 4.78 is 0. The highest BCUT2D eigenvalue weighted by Gasteiger charge is 2.24. The number of hydrogen-bond donors (Lipinski definition) is 1. The van der Waals surface area contributed by atoms with Gasteiger partial charge < -0.3 is 9.88 Å².